The van der Waals surface area contributed by atoms with E-state index in [-0.39, 0.29) is 34.3 Å². The highest BCUT2D eigenvalue weighted by atomic mass is 35.5. The maximum Gasteiger partial charge on any atom is 0.247 e. The summed E-state index contributed by atoms with van der Waals surface area (Å²) < 4.78 is 23.0. The Hall–Kier alpha value is -3.47. The van der Waals surface area contributed by atoms with E-state index in [0.29, 0.717) is 18.7 Å². The van der Waals surface area contributed by atoms with Gasteiger partial charge in [-0.25, -0.2) is 9.37 Å². The van der Waals surface area contributed by atoms with Gasteiger partial charge in [0.2, 0.25) is 5.91 Å². The van der Waals surface area contributed by atoms with Gasteiger partial charge in [-0.05, 0) is 56.0 Å². The molecule has 0 spiro atoms. The first-order chi connectivity index (χ1) is 20.0. The minimum atomic E-state index is -1.18. The molecule has 0 bridgehead atoms. The highest BCUT2D eigenvalue weighted by molar-refractivity contribution is 6.76. The monoisotopic (exact) mass is 606 g/mol. The van der Waals surface area contributed by atoms with Crippen LogP contribution in [0.3, 0.4) is 0 Å². The van der Waals surface area contributed by atoms with Crippen LogP contribution in [0.2, 0.25) is 30.7 Å². The number of nitrogens with one attached hydrogen (secondary N) is 1. The number of aromatic nitrogens is 4. The molecule has 6 rings (SSSR count). The first kappa shape index (κ1) is 28.6. The van der Waals surface area contributed by atoms with E-state index in [1.54, 1.807) is 6.07 Å². The average Bonchev–Trinajstić information content (AvgIpc) is 3.65. The fourth-order valence-electron chi connectivity index (χ4n) is 6.09. The molecule has 1 aromatic carbocycles. The van der Waals surface area contributed by atoms with Crippen LogP contribution in [0.4, 0.5) is 10.1 Å². The molecule has 0 saturated carbocycles. The zero-order valence-electron chi connectivity index (χ0n) is 24.4. The molecular weight excluding hydrogens is 571 g/mol. The van der Waals surface area contributed by atoms with Crippen molar-refractivity contribution in [2.45, 2.75) is 70.7 Å². The van der Waals surface area contributed by atoms with E-state index >= 15 is 0 Å². The average molecular weight is 607 g/mol. The number of rotatable bonds is 8. The normalized spacial score (nSPS) is 19.0. The van der Waals surface area contributed by atoms with E-state index in [1.807, 2.05) is 24.2 Å². The van der Waals surface area contributed by atoms with Gasteiger partial charge in [0.15, 0.2) is 5.82 Å². The lowest BCUT2D eigenvalue weighted by atomic mass is 9.92. The van der Waals surface area contributed by atoms with Crippen molar-refractivity contribution < 1.29 is 13.9 Å². The SMILES string of the molecule is Cc1cc2c(-c3cnc([C@@H]4CCC5CC(c6c(N)ccc(Cl)c6F)=CC(=O)N54)[nH]3)cn(COCC[Si](C)(C)C)c2cn1. The molecule has 11 heteroatoms. The van der Waals surface area contributed by atoms with Crippen LogP contribution in [0, 0.1) is 12.7 Å². The molecule has 5 heterocycles. The Morgan fingerprint density at radius 1 is 1.21 bits per heavy atom. The summed E-state index contributed by atoms with van der Waals surface area (Å²) in [4.78, 5) is 28.1. The number of hydrogen-bond acceptors (Lipinski definition) is 5. The number of H-pyrrole nitrogens is 1. The highest BCUT2D eigenvalue weighted by Gasteiger charge is 2.42. The Kier molecular flexibility index (Phi) is 7.49. The van der Waals surface area contributed by atoms with Gasteiger partial charge in [-0.3, -0.25) is 9.78 Å². The Balaban J connectivity index is 1.26. The number of aryl methyl sites for hydroxylation is 1. The molecule has 0 aliphatic carbocycles. The van der Waals surface area contributed by atoms with Crippen LogP contribution in [0.5, 0.6) is 0 Å². The van der Waals surface area contributed by atoms with Gasteiger partial charge in [0.1, 0.15) is 12.6 Å². The third kappa shape index (κ3) is 5.39. The van der Waals surface area contributed by atoms with Crippen LogP contribution in [0.1, 0.15) is 42.4 Å². The number of amides is 1. The number of nitrogens with zero attached hydrogens (tertiary/aromatic N) is 4. The molecule has 2 aliphatic heterocycles. The van der Waals surface area contributed by atoms with Gasteiger partial charge < -0.3 is 24.9 Å². The molecule has 1 amide bonds. The topological polar surface area (TPSA) is 102 Å². The molecule has 3 aromatic heterocycles. The second kappa shape index (κ2) is 11.0. The van der Waals surface area contributed by atoms with Crippen molar-refractivity contribution in [2.75, 3.05) is 12.3 Å². The molecule has 220 valence electrons. The minimum Gasteiger partial charge on any atom is -0.398 e. The third-order valence-corrected chi connectivity index (χ3v) is 10.3. The smallest absolute Gasteiger partial charge is 0.247 e. The van der Waals surface area contributed by atoms with E-state index < -0.39 is 13.9 Å². The summed E-state index contributed by atoms with van der Waals surface area (Å²) in [5, 5.41) is 1.06. The molecule has 1 unspecified atom stereocenters. The number of carbonyl (C=O) groups is 1. The number of nitrogens with two attached hydrogens (primary N) is 1. The number of halogens is 2. The van der Waals surface area contributed by atoms with Gasteiger partial charge in [-0.15, -0.1) is 0 Å². The number of benzene rings is 1. The maximum absolute atomic E-state index is 14.9. The number of fused-ring (bicyclic) bond motifs is 2. The molecule has 4 aromatic rings. The molecule has 1 saturated heterocycles. The summed E-state index contributed by atoms with van der Waals surface area (Å²) in [6, 6.07) is 5.93. The van der Waals surface area contributed by atoms with Gasteiger partial charge in [0.05, 0.1) is 34.7 Å². The van der Waals surface area contributed by atoms with Crippen LogP contribution < -0.4 is 5.73 Å². The van der Waals surface area contributed by atoms with E-state index in [2.05, 4.69) is 46.4 Å². The second-order valence-corrected chi connectivity index (χ2v) is 18.6. The molecule has 0 radical (unpaired) electrons. The molecular formula is C31H36ClFN6O2Si. The summed E-state index contributed by atoms with van der Waals surface area (Å²) >= 11 is 6.03. The minimum absolute atomic E-state index is 0.00662. The summed E-state index contributed by atoms with van der Waals surface area (Å²) in [5.74, 6) is -0.0149. The summed E-state index contributed by atoms with van der Waals surface area (Å²) in [6.07, 6.45) is 9.35. The van der Waals surface area contributed by atoms with E-state index in [0.717, 1.165) is 59.2 Å². The number of pyridine rings is 1. The van der Waals surface area contributed by atoms with Crippen molar-refractivity contribution >= 4 is 47.7 Å². The predicted octanol–water partition coefficient (Wildman–Crippen LogP) is 6.94. The van der Waals surface area contributed by atoms with Crippen LogP contribution in [0.25, 0.3) is 27.7 Å². The fraction of sp³-hybridized carbons (Fsp3) is 0.387. The number of imidazole rings is 1. The van der Waals surface area contributed by atoms with Gasteiger partial charge in [0, 0.05) is 60.9 Å². The summed E-state index contributed by atoms with van der Waals surface area (Å²) in [7, 11) is -1.18. The highest BCUT2D eigenvalue weighted by Crippen LogP contribution is 2.44. The van der Waals surface area contributed by atoms with E-state index in [4.69, 9.17) is 27.1 Å². The first-order valence-corrected chi connectivity index (χ1v) is 18.4. The Labute approximate surface area is 250 Å². The summed E-state index contributed by atoms with van der Waals surface area (Å²) in [6.45, 7) is 10.2. The van der Waals surface area contributed by atoms with Gasteiger partial charge in [0.25, 0.3) is 0 Å². The zero-order valence-corrected chi connectivity index (χ0v) is 26.1. The number of hydrogen-bond donors (Lipinski definition) is 2. The Morgan fingerprint density at radius 3 is 2.81 bits per heavy atom. The van der Waals surface area contributed by atoms with Crippen LogP contribution in [-0.2, 0) is 16.3 Å². The molecule has 1 fully saturated rings. The number of nitrogen functional groups attached to an aromatic ring is 1. The van der Waals surface area contributed by atoms with Crippen LogP contribution in [0.15, 0.2) is 42.9 Å². The largest absolute Gasteiger partial charge is 0.398 e. The number of ether oxygens (including phenoxy) is 1. The van der Waals surface area contributed by atoms with Crippen molar-refractivity contribution in [3.05, 3.63) is 70.8 Å². The van der Waals surface area contributed by atoms with Crippen molar-refractivity contribution in [1.82, 2.24) is 24.4 Å². The Bertz CT molecular complexity index is 1710. The molecule has 3 N–H and O–H groups in total. The van der Waals surface area contributed by atoms with Crippen molar-refractivity contribution in [1.29, 1.82) is 0 Å². The van der Waals surface area contributed by atoms with Crippen molar-refractivity contribution in [3.8, 4) is 11.3 Å². The van der Waals surface area contributed by atoms with Gasteiger partial charge >= 0.3 is 0 Å². The third-order valence-electron chi connectivity index (χ3n) is 8.29. The lowest BCUT2D eigenvalue weighted by Gasteiger charge is -2.33. The first-order valence-electron chi connectivity index (χ1n) is 14.4. The van der Waals surface area contributed by atoms with Crippen LogP contribution in [-0.4, -0.2) is 51.0 Å². The van der Waals surface area contributed by atoms with Gasteiger partial charge in [-0.2, -0.15) is 0 Å². The second-order valence-electron chi connectivity index (χ2n) is 12.6. The lowest BCUT2D eigenvalue weighted by Crippen LogP contribution is -2.39. The van der Waals surface area contributed by atoms with E-state index in [9.17, 15) is 9.18 Å². The molecule has 42 heavy (non-hydrogen) atoms. The number of aromatic amines is 1. The quantitative estimate of drug-likeness (QED) is 0.128. The van der Waals surface area contributed by atoms with Gasteiger partial charge in [-0.1, -0.05) is 31.2 Å². The molecule has 2 atom stereocenters. The van der Waals surface area contributed by atoms with Crippen molar-refractivity contribution in [3.63, 3.8) is 0 Å². The van der Waals surface area contributed by atoms with Crippen molar-refractivity contribution in [2.24, 2.45) is 0 Å². The zero-order chi connectivity index (χ0) is 29.8. The number of anilines is 1. The Morgan fingerprint density at radius 2 is 2.02 bits per heavy atom. The van der Waals surface area contributed by atoms with Crippen LogP contribution >= 0.6 is 11.6 Å². The molecule has 8 nitrogen and oxygen atoms in total. The standard InChI is InChI=1S/C31H36ClFN6O2Si/c1-18-11-21-22(16-38(27(21)15-35-18)17-41-9-10-42(2,3)4)25-14-36-31(37-25)26-8-5-20-12-19(13-28(40)39(20)26)29-24(34)7-6-23(32)30(29)33/h6-7,11,13-16,20,26H,5,8-10,12,17,34H2,1-4H3,(H,36,37)/t20?,26-/m0/s1. The lowest BCUT2D eigenvalue weighted by molar-refractivity contribution is -0.129. The van der Waals surface area contributed by atoms with E-state index in [1.165, 1.54) is 12.1 Å². The number of carbonyl (C=O) groups excluding carboxylic acids is 1. The molecule has 2 aliphatic rings. The fourth-order valence-corrected chi connectivity index (χ4v) is 7.00. The summed E-state index contributed by atoms with van der Waals surface area (Å²) in [5.41, 5.74) is 11.0. The predicted molar refractivity (Wildman–Crippen MR) is 167 cm³/mol. The maximum atomic E-state index is 14.9.